The van der Waals surface area contributed by atoms with Gasteiger partial charge in [0, 0.05) is 11.8 Å². The van der Waals surface area contributed by atoms with Crippen molar-refractivity contribution in [3.8, 4) is 0 Å². The zero-order chi connectivity index (χ0) is 20.4. The predicted octanol–water partition coefficient (Wildman–Crippen LogP) is 5.01. The second-order valence-electron chi connectivity index (χ2n) is 8.46. The Kier molecular flexibility index (Phi) is 5.70. The molecule has 2 fully saturated rings. The molecule has 0 aromatic heterocycles. The number of aliphatic carboxylic acids is 1. The predicted molar refractivity (Wildman–Crippen MR) is 110 cm³/mol. The Morgan fingerprint density at radius 3 is 2.07 bits per heavy atom. The summed E-state index contributed by atoms with van der Waals surface area (Å²) in [6, 6.07) is 19.8. The molecule has 0 bridgehead atoms. The first-order valence-corrected chi connectivity index (χ1v) is 10.6. The van der Waals surface area contributed by atoms with E-state index in [0.29, 0.717) is 0 Å². The van der Waals surface area contributed by atoms with E-state index in [1.165, 1.54) is 5.56 Å². The minimum atomic E-state index is -0.838. The Balaban J connectivity index is 1.54. The molecule has 152 valence electrons. The van der Waals surface area contributed by atoms with E-state index in [1.807, 2.05) is 55.5 Å². The van der Waals surface area contributed by atoms with Gasteiger partial charge in [0.1, 0.15) is 6.10 Å². The van der Waals surface area contributed by atoms with Crippen LogP contribution >= 0.6 is 0 Å². The maximum Gasteiger partial charge on any atom is 0.310 e. The number of hydrogen-bond donors (Lipinski definition) is 1. The second kappa shape index (κ2) is 8.40. The molecule has 4 rings (SSSR count). The number of benzene rings is 2. The number of carbonyl (C=O) groups is 2. The molecule has 2 saturated carbocycles. The Labute approximate surface area is 171 Å². The highest BCUT2D eigenvalue weighted by molar-refractivity contribution is 5.82. The van der Waals surface area contributed by atoms with Gasteiger partial charge in [-0.2, -0.15) is 0 Å². The zero-order valence-electron chi connectivity index (χ0n) is 16.7. The van der Waals surface area contributed by atoms with Gasteiger partial charge in [-0.25, -0.2) is 0 Å². The molecule has 0 aliphatic heterocycles. The van der Waals surface area contributed by atoms with Crippen molar-refractivity contribution >= 4 is 11.9 Å². The molecular weight excluding hydrogens is 364 g/mol. The van der Waals surface area contributed by atoms with Crippen molar-refractivity contribution in [3.63, 3.8) is 0 Å². The van der Waals surface area contributed by atoms with Crippen LogP contribution in [0.3, 0.4) is 0 Å². The highest BCUT2D eigenvalue weighted by Gasteiger charge is 2.56. The average Bonchev–Trinajstić information content (AvgIpc) is 2.73. The lowest BCUT2D eigenvalue weighted by molar-refractivity contribution is -0.174. The van der Waals surface area contributed by atoms with Gasteiger partial charge in [0.2, 0.25) is 0 Å². The van der Waals surface area contributed by atoms with Crippen LogP contribution in [0.2, 0.25) is 0 Å². The lowest BCUT2D eigenvalue weighted by Crippen LogP contribution is -2.52. The summed E-state index contributed by atoms with van der Waals surface area (Å²) in [6.07, 6.45) is 3.95. The summed E-state index contributed by atoms with van der Waals surface area (Å²) < 4.78 is 6.08. The van der Waals surface area contributed by atoms with Gasteiger partial charge >= 0.3 is 11.9 Å². The largest absolute Gasteiger partial charge is 0.481 e. The summed E-state index contributed by atoms with van der Waals surface area (Å²) >= 11 is 0. The molecule has 29 heavy (non-hydrogen) atoms. The first-order chi connectivity index (χ1) is 14.1. The SMILES string of the molecule is C[C@H]1[C@@H](C(=O)O)[C@H](c2ccccc2)[C@@H]1C(=O)O[C@@H]1CCCC[C@H]1c1ccccc1. The molecule has 2 aliphatic carbocycles. The van der Waals surface area contributed by atoms with E-state index in [9.17, 15) is 14.7 Å². The Morgan fingerprint density at radius 1 is 0.862 bits per heavy atom. The molecule has 2 aliphatic rings. The van der Waals surface area contributed by atoms with Gasteiger partial charge in [-0.15, -0.1) is 0 Å². The zero-order valence-corrected chi connectivity index (χ0v) is 16.7. The lowest BCUT2D eigenvalue weighted by atomic mass is 9.55. The van der Waals surface area contributed by atoms with Crippen LogP contribution in [0, 0.1) is 17.8 Å². The number of carboxylic acid groups (broad SMARTS) is 1. The van der Waals surface area contributed by atoms with Crippen LogP contribution in [0.25, 0.3) is 0 Å². The number of carboxylic acids is 1. The smallest absolute Gasteiger partial charge is 0.310 e. The van der Waals surface area contributed by atoms with Gasteiger partial charge in [-0.1, -0.05) is 74.0 Å². The fraction of sp³-hybridized carbons (Fsp3) is 0.440. The van der Waals surface area contributed by atoms with E-state index in [4.69, 9.17) is 4.74 Å². The Bertz CT molecular complexity index is 848. The topological polar surface area (TPSA) is 63.6 Å². The Hall–Kier alpha value is -2.62. The third kappa shape index (κ3) is 3.81. The molecule has 0 amide bonds. The summed E-state index contributed by atoms with van der Waals surface area (Å²) in [6.45, 7) is 1.86. The minimum absolute atomic E-state index is 0.133. The highest BCUT2D eigenvalue weighted by atomic mass is 16.5. The normalized spacial score (nSPS) is 31.5. The number of hydrogen-bond acceptors (Lipinski definition) is 3. The van der Waals surface area contributed by atoms with E-state index in [1.54, 1.807) is 0 Å². The summed E-state index contributed by atoms with van der Waals surface area (Å²) in [4.78, 5) is 25.0. The van der Waals surface area contributed by atoms with Crippen LogP contribution in [0.5, 0.6) is 0 Å². The monoisotopic (exact) mass is 392 g/mol. The van der Waals surface area contributed by atoms with Crippen molar-refractivity contribution in [2.75, 3.05) is 0 Å². The molecule has 0 heterocycles. The number of carbonyl (C=O) groups excluding carboxylic acids is 1. The molecule has 6 atom stereocenters. The number of ether oxygens (including phenoxy) is 1. The molecule has 0 unspecified atom stereocenters. The van der Waals surface area contributed by atoms with Gasteiger partial charge in [-0.3, -0.25) is 9.59 Å². The van der Waals surface area contributed by atoms with Crippen LogP contribution in [-0.2, 0) is 14.3 Å². The molecule has 1 N–H and O–H groups in total. The Morgan fingerprint density at radius 2 is 1.45 bits per heavy atom. The van der Waals surface area contributed by atoms with Crippen LogP contribution in [0.4, 0.5) is 0 Å². The molecule has 2 aromatic carbocycles. The van der Waals surface area contributed by atoms with Crippen molar-refractivity contribution < 1.29 is 19.4 Å². The molecule has 0 saturated heterocycles. The van der Waals surface area contributed by atoms with Gasteiger partial charge in [0.15, 0.2) is 0 Å². The summed E-state index contributed by atoms with van der Waals surface area (Å²) in [5.74, 6) is -2.37. The van der Waals surface area contributed by atoms with Crippen LogP contribution < -0.4 is 0 Å². The fourth-order valence-corrected chi connectivity index (χ4v) is 5.33. The maximum absolute atomic E-state index is 13.2. The molecule has 4 nitrogen and oxygen atoms in total. The van der Waals surface area contributed by atoms with Crippen molar-refractivity contribution in [1.29, 1.82) is 0 Å². The first kappa shape index (κ1) is 19.7. The van der Waals surface area contributed by atoms with Crippen molar-refractivity contribution in [3.05, 3.63) is 71.8 Å². The van der Waals surface area contributed by atoms with Crippen LogP contribution in [-0.4, -0.2) is 23.1 Å². The molecule has 2 aromatic rings. The molecule has 0 radical (unpaired) electrons. The van der Waals surface area contributed by atoms with Gasteiger partial charge < -0.3 is 9.84 Å². The summed E-state index contributed by atoms with van der Waals surface area (Å²) in [5.41, 5.74) is 2.12. The molecular formula is C25H28O4. The third-order valence-electron chi connectivity index (χ3n) is 6.85. The van der Waals surface area contributed by atoms with E-state index >= 15 is 0 Å². The summed E-state index contributed by atoms with van der Waals surface area (Å²) in [5, 5.41) is 9.69. The second-order valence-corrected chi connectivity index (χ2v) is 8.46. The van der Waals surface area contributed by atoms with E-state index < -0.39 is 17.8 Å². The van der Waals surface area contributed by atoms with Gasteiger partial charge in [0.05, 0.1) is 11.8 Å². The lowest BCUT2D eigenvalue weighted by Gasteiger charge is -2.47. The first-order valence-electron chi connectivity index (χ1n) is 10.6. The van der Waals surface area contributed by atoms with Crippen molar-refractivity contribution in [2.24, 2.45) is 17.8 Å². The number of esters is 1. The van der Waals surface area contributed by atoms with Gasteiger partial charge in [-0.05, 0) is 36.3 Å². The number of rotatable bonds is 5. The average molecular weight is 392 g/mol. The standard InChI is InChI=1S/C25H28O4/c1-16-21(24(26)27)23(18-12-6-3-7-13-18)22(16)25(28)29-20-15-9-8-14-19(20)17-10-4-2-5-11-17/h2-7,10-13,16,19-23H,8-9,14-15H2,1H3,(H,26,27)/t16-,19-,20+,21+,22+,23-/m0/s1. The highest BCUT2D eigenvalue weighted by Crippen LogP contribution is 2.53. The van der Waals surface area contributed by atoms with Crippen molar-refractivity contribution in [1.82, 2.24) is 0 Å². The molecule has 0 spiro atoms. The maximum atomic E-state index is 13.2. The van der Waals surface area contributed by atoms with E-state index in [2.05, 4.69) is 12.1 Å². The summed E-state index contributed by atoms with van der Waals surface area (Å²) in [7, 11) is 0. The van der Waals surface area contributed by atoms with E-state index in [0.717, 1.165) is 31.2 Å². The van der Waals surface area contributed by atoms with Crippen molar-refractivity contribution in [2.45, 2.75) is 50.5 Å². The van der Waals surface area contributed by atoms with Crippen LogP contribution in [0.1, 0.15) is 55.6 Å². The molecule has 4 heteroatoms. The fourth-order valence-electron chi connectivity index (χ4n) is 5.33. The van der Waals surface area contributed by atoms with E-state index in [-0.39, 0.29) is 29.8 Å². The van der Waals surface area contributed by atoms with Crippen LogP contribution in [0.15, 0.2) is 60.7 Å². The quantitative estimate of drug-likeness (QED) is 0.727. The van der Waals surface area contributed by atoms with Gasteiger partial charge in [0.25, 0.3) is 0 Å². The third-order valence-corrected chi connectivity index (χ3v) is 6.85. The minimum Gasteiger partial charge on any atom is -0.481 e.